The van der Waals surface area contributed by atoms with Gasteiger partial charge >= 0.3 is 12.7 Å². The Labute approximate surface area is 254 Å². The number of nitrogens with zero attached hydrogens (tertiary/aromatic N) is 2. The van der Waals surface area contributed by atoms with Crippen LogP contribution in [0.25, 0.3) is 0 Å². The first kappa shape index (κ1) is 32.1. The lowest BCUT2D eigenvalue weighted by atomic mass is 9.72. The van der Waals surface area contributed by atoms with E-state index in [0.29, 0.717) is 22.8 Å². The molecule has 1 aromatic heterocycles. The van der Waals surface area contributed by atoms with Crippen LogP contribution in [0, 0.1) is 5.21 Å². The zero-order valence-electron chi connectivity index (χ0n) is 23.6. The molecule has 238 valence electrons. The Morgan fingerprint density at radius 3 is 1.67 bits per heavy atom. The molecule has 0 unspecified atom stereocenters. The van der Waals surface area contributed by atoms with Gasteiger partial charge in [0.25, 0.3) is 0 Å². The minimum Gasteiger partial charge on any atom is -0.633 e. The minimum absolute atomic E-state index is 0.0175. The van der Waals surface area contributed by atoms with Gasteiger partial charge in [0.05, 0.1) is 18.7 Å². The van der Waals surface area contributed by atoms with E-state index in [0.717, 1.165) is 29.8 Å². The molecule has 1 aliphatic heterocycles. The van der Waals surface area contributed by atoms with Crippen molar-refractivity contribution in [2.75, 3.05) is 13.1 Å². The Morgan fingerprint density at radius 2 is 1.22 bits per heavy atom. The van der Waals surface area contributed by atoms with E-state index in [1.807, 2.05) is 0 Å². The Kier molecular flexibility index (Phi) is 8.97. The molecule has 3 aromatic carbocycles. The summed E-state index contributed by atoms with van der Waals surface area (Å²) in [7, 11) is 0. The van der Waals surface area contributed by atoms with Crippen LogP contribution in [0.15, 0.2) is 97.2 Å². The maximum Gasteiger partial charge on any atom is 0.573 e. The van der Waals surface area contributed by atoms with Crippen molar-refractivity contribution in [3.05, 3.63) is 119 Å². The standard InChI is InChI=1S/C32H28F6N2O5/c33-31(34,35)44-26-12-6-23(7-13-26)29(24-8-14-27(15-9-24)45-32(36,37)38)30(41)16-19-40(42,20-17-30)21-22-4-10-25(11-5-22)43-28-3-1-2-18-39-28/h1-15,18,29,41H,16-17,19-21H2. The molecule has 1 N–H and O–H groups in total. The van der Waals surface area contributed by atoms with E-state index in [4.69, 9.17) is 4.74 Å². The fourth-order valence-corrected chi connectivity index (χ4v) is 5.54. The van der Waals surface area contributed by atoms with Crippen LogP contribution in [0.5, 0.6) is 23.1 Å². The summed E-state index contributed by atoms with van der Waals surface area (Å²) in [5.41, 5.74) is 0.00316. The average Bonchev–Trinajstić information content (AvgIpc) is 2.97. The van der Waals surface area contributed by atoms with Gasteiger partial charge < -0.3 is 29.2 Å². The number of aromatic nitrogens is 1. The molecule has 0 radical (unpaired) electrons. The molecule has 2 heterocycles. The molecule has 1 fully saturated rings. The number of alkyl halides is 6. The van der Waals surface area contributed by atoms with Crippen LogP contribution < -0.4 is 14.2 Å². The number of ether oxygens (including phenoxy) is 3. The van der Waals surface area contributed by atoms with E-state index < -0.39 is 40.4 Å². The quantitative estimate of drug-likeness (QED) is 0.115. The van der Waals surface area contributed by atoms with Gasteiger partial charge in [0.1, 0.15) is 23.8 Å². The predicted molar refractivity (Wildman–Crippen MR) is 150 cm³/mol. The van der Waals surface area contributed by atoms with Gasteiger partial charge in [0.15, 0.2) is 0 Å². The summed E-state index contributed by atoms with van der Waals surface area (Å²) in [5, 5.41) is 25.7. The number of likely N-dealkylation sites (tertiary alicyclic amines) is 1. The van der Waals surface area contributed by atoms with Crippen molar-refractivity contribution in [1.29, 1.82) is 0 Å². The first-order valence-electron chi connectivity index (χ1n) is 13.9. The van der Waals surface area contributed by atoms with Gasteiger partial charge in [-0.05, 0) is 65.7 Å². The van der Waals surface area contributed by atoms with Crippen molar-refractivity contribution in [2.24, 2.45) is 0 Å². The van der Waals surface area contributed by atoms with Gasteiger partial charge in [-0.15, -0.1) is 26.3 Å². The van der Waals surface area contributed by atoms with Crippen molar-refractivity contribution in [3.63, 3.8) is 0 Å². The van der Waals surface area contributed by atoms with Crippen molar-refractivity contribution in [1.82, 2.24) is 4.98 Å². The molecule has 0 spiro atoms. The van der Waals surface area contributed by atoms with Gasteiger partial charge in [-0.3, -0.25) is 0 Å². The number of hydrogen-bond acceptors (Lipinski definition) is 6. The third-order valence-corrected chi connectivity index (χ3v) is 7.59. The maximum atomic E-state index is 13.7. The summed E-state index contributed by atoms with van der Waals surface area (Å²) in [6.45, 7) is 0.158. The van der Waals surface area contributed by atoms with Gasteiger partial charge in [-0.25, -0.2) is 4.98 Å². The molecule has 7 nitrogen and oxygen atoms in total. The van der Waals surface area contributed by atoms with Gasteiger partial charge in [0.2, 0.25) is 5.88 Å². The van der Waals surface area contributed by atoms with Crippen LogP contribution in [0.3, 0.4) is 0 Å². The van der Waals surface area contributed by atoms with Crippen LogP contribution in [-0.2, 0) is 6.54 Å². The SMILES string of the molecule is [O-][N+]1(Cc2ccc(Oc3ccccn3)cc2)CCC(O)(C(c2ccc(OC(F)(F)F)cc2)c2ccc(OC(F)(F)F)cc2)CC1. The van der Waals surface area contributed by atoms with Crippen LogP contribution in [0.2, 0.25) is 0 Å². The third kappa shape index (κ3) is 8.65. The molecule has 5 rings (SSSR count). The number of quaternary nitrogens is 1. The number of aliphatic hydroxyl groups is 1. The molecule has 45 heavy (non-hydrogen) atoms. The summed E-state index contributed by atoms with van der Waals surface area (Å²) < 4.78 is 89.3. The normalized spacial score (nSPS) is 20.6. The lowest BCUT2D eigenvalue weighted by Gasteiger charge is -2.51. The summed E-state index contributed by atoms with van der Waals surface area (Å²) in [4.78, 5) is 4.11. The summed E-state index contributed by atoms with van der Waals surface area (Å²) in [6, 6.07) is 22.1. The van der Waals surface area contributed by atoms with Crippen LogP contribution in [0.1, 0.15) is 35.4 Å². The number of piperidine rings is 1. The summed E-state index contributed by atoms with van der Waals surface area (Å²) in [6.07, 6.45) is -8.17. The highest BCUT2D eigenvalue weighted by Gasteiger charge is 2.45. The first-order chi connectivity index (χ1) is 21.2. The number of rotatable bonds is 9. The second kappa shape index (κ2) is 12.6. The van der Waals surface area contributed by atoms with Gasteiger partial charge in [-0.1, -0.05) is 30.3 Å². The lowest BCUT2D eigenvalue weighted by Crippen LogP contribution is -2.55. The third-order valence-electron chi connectivity index (χ3n) is 7.59. The van der Waals surface area contributed by atoms with Crippen molar-refractivity contribution < 1.29 is 50.3 Å². The molecule has 0 bridgehead atoms. The van der Waals surface area contributed by atoms with E-state index in [1.54, 1.807) is 48.7 Å². The number of benzene rings is 3. The van der Waals surface area contributed by atoms with Crippen molar-refractivity contribution in [2.45, 2.75) is 43.6 Å². The van der Waals surface area contributed by atoms with Gasteiger partial charge in [-0.2, -0.15) is 0 Å². The fourth-order valence-electron chi connectivity index (χ4n) is 5.54. The topological polar surface area (TPSA) is 83.9 Å². The molecule has 0 saturated carbocycles. The second-order valence-corrected chi connectivity index (χ2v) is 10.8. The monoisotopic (exact) mass is 634 g/mol. The Balaban J connectivity index is 1.33. The smallest absolute Gasteiger partial charge is 0.573 e. The lowest BCUT2D eigenvalue weighted by molar-refractivity contribution is -0.901. The molecule has 1 aliphatic rings. The largest absolute Gasteiger partial charge is 0.633 e. The average molecular weight is 635 g/mol. The van der Waals surface area contributed by atoms with Crippen LogP contribution in [-0.4, -0.2) is 46.2 Å². The number of halogens is 6. The highest BCUT2D eigenvalue weighted by Crippen LogP contribution is 2.44. The van der Waals surface area contributed by atoms with Crippen LogP contribution in [0.4, 0.5) is 26.3 Å². The van der Waals surface area contributed by atoms with E-state index in [1.165, 1.54) is 24.3 Å². The minimum atomic E-state index is -4.90. The predicted octanol–water partition coefficient (Wildman–Crippen LogP) is 7.84. The zero-order valence-corrected chi connectivity index (χ0v) is 23.6. The molecule has 13 heteroatoms. The van der Waals surface area contributed by atoms with E-state index >= 15 is 0 Å². The Hall–Kier alpha value is -4.33. The van der Waals surface area contributed by atoms with E-state index in [-0.39, 0.29) is 32.5 Å². The maximum absolute atomic E-state index is 13.7. The molecule has 1 saturated heterocycles. The molecular formula is C32H28F6N2O5. The molecular weight excluding hydrogens is 606 g/mol. The first-order valence-corrected chi connectivity index (χ1v) is 13.9. The van der Waals surface area contributed by atoms with E-state index in [2.05, 4.69) is 14.5 Å². The highest BCUT2D eigenvalue weighted by atomic mass is 19.4. The van der Waals surface area contributed by atoms with Crippen molar-refractivity contribution in [3.8, 4) is 23.1 Å². The number of hydroxylamine groups is 3. The Bertz CT molecular complexity index is 1480. The molecule has 0 aliphatic carbocycles. The summed E-state index contributed by atoms with van der Waals surface area (Å²) in [5.74, 6) is -0.854. The number of hydrogen-bond donors (Lipinski definition) is 1. The molecule has 0 amide bonds. The van der Waals surface area contributed by atoms with Crippen LogP contribution >= 0.6 is 0 Å². The van der Waals surface area contributed by atoms with Gasteiger partial charge in [0, 0.05) is 36.6 Å². The Morgan fingerprint density at radius 1 is 0.733 bits per heavy atom. The zero-order chi connectivity index (χ0) is 32.3. The second-order valence-electron chi connectivity index (χ2n) is 10.8. The fraction of sp³-hybridized carbons (Fsp3) is 0.281. The highest BCUT2D eigenvalue weighted by molar-refractivity contribution is 5.41. The number of pyridine rings is 1. The summed E-state index contributed by atoms with van der Waals surface area (Å²) >= 11 is 0. The van der Waals surface area contributed by atoms with Crippen molar-refractivity contribution >= 4 is 0 Å². The molecule has 4 aromatic rings. The molecule has 0 atom stereocenters. The van der Waals surface area contributed by atoms with E-state index in [9.17, 15) is 36.7 Å².